The molecule has 2 saturated heterocycles. The van der Waals surface area contributed by atoms with E-state index in [4.69, 9.17) is 9.47 Å². The maximum Gasteiger partial charge on any atom is 0.171 e. The van der Waals surface area contributed by atoms with Gasteiger partial charge in [0.05, 0.1) is 30.5 Å². The van der Waals surface area contributed by atoms with E-state index < -0.39 is 11.4 Å². The van der Waals surface area contributed by atoms with Crippen LogP contribution >= 0.6 is 0 Å². The topological polar surface area (TPSA) is 79.2 Å². The molecule has 4 aliphatic carbocycles. The molecule has 6 fully saturated rings. The predicted octanol–water partition coefficient (Wildman–Crippen LogP) is 3.88. The second-order valence-electron chi connectivity index (χ2n) is 13.5. The zero-order valence-corrected chi connectivity index (χ0v) is 20.4. The van der Waals surface area contributed by atoms with Gasteiger partial charge in [-0.3, -0.25) is 0 Å². The van der Waals surface area contributed by atoms with Gasteiger partial charge in [0.15, 0.2) is 5.79 Å². The molecule has 182 valence electrons. The van der Waals surface area contributed by atoms with Crippen molar-refractivity contribution >= 4 is 0 Å². The second-order valence-corrected chi connectivity index (χ2v) is 13.5. The molecule has 2 aliphatic heterocycles. The molecule has 13 atom stereocenters. The van der Waals surface area contributed by atoms with Gasteiger partial charge in [0.25, 0.3) is 0 Å². The molecule has 0 aromatic heterocycles. The lowest BCUT2D eigenvalue weighted by molar-refractivity contribution is -0.294. The predicted molar refractivity (Wildman–Crippen MR) is 121 cm³/mol. The Bertz CT molecular complexity index is 757. The monoisotopic (exact) mass is 448 g/mol. The first-order chi connectivity index (χ1) is 15.0. The molecule has 4 saturated carbocycles. The molecule has 5 nitrogen and oxygen atoms in total. The van der Waals surface area contributed by atoms with Gasteiger partial charge in [-0.25, -0.2) is 0 Å². The van der Waals surface area contributed by atoms with Crippen LogP contribution in [0.2, 0.25) is 0 Å². The van der Waals surface area contributed by atoms with E-state index in [1.54, 1.807) is 0 Å². The molecule has 2 heterocycles. The quantitative estimate of drug-likeness (QED) is 0.524. The van der Waals surface area contributed by atoms with Crippen molar-refractivity contribution in [3.63, 3.8) is 0 Å². The average Bonchev–Trinajstić information content (AvgIpc) is 3.17. The van der Waals surface area contributed by atoms with Crippen LogP contribution in [0, 0.1) is 46.3 Å². The summed E-state index contributed by atoms with van der Waals surface area (Å²) < 4.78 is 13.1. The summed E-state index contributed by atoms with van der Waals surface area (Å²) in [5.74, 6) is 2.67. The number of hydrogen-bond acceptors (Lipinski definition) is 5. The third-order valence-corrected chi connectivity index (χ3v) is 12.0. The summed E-state index contributed by atoms with van der Waals surface area (Å²) in [6.45, 7) is 9.46. The molecule has 0 radical (unpaired) electrons. The lowest BCUT2D eigenvalue weighted by atomic mass is 9.43. The van der Waals surface area contributed by atoms with E-state index in [0.29, 0.717) is 48.5 Å². The third kappa shape index (κ3) is 2.81. The van der Waals surface area contributed by atoms with Gasteiger partial charge in [0, 0.05) is 12.3 Å². The summed E-state index contributed by atoms with van der Waals surface area (Å²) in [6.07, 6.45) is 8.39. The van der Waals surface area contributed by atoms with E-state index in [-0.39, 0.29) is 29.1 Å². The van der Waals surface area contributed by atoms with Crippen LogP contribution in [0.5, 0.6) is 0 Å². The fourth-order valence-corrected chi connectivity index (χ4v) is 10.3. The Balaban J connectivity index is 1.26. The van der Waals surface area contributed by atoms with Gasteiger partial charge in [-0.1, -0.05) is 20.8 Å². The van der Waals surface area contributed by atoms with Crippen LogP contribution in [-0.2, 0) is 9.47 Å². The highest BCUT2D eigenvalue weighted by molar-refractivity contribution is 5.16. The molecule has 0 amide bonds. The van der Waals surface area contributed by atoms with Gasteiger partial charge in [0.2, 0.25) is 0 Å². The number of fused-ring (bicyclic) bond motifs is 7. The van der Waals surface area contributed by atoms with Crippen LogP contribution in [-0.4, -0.2) is 51.6 Å². The molecule has 0 aromatic rings. The van der Waals surface area contributed by atoms with E-state index in [1.165, 1.54) is 19.3 Å². The van der Waals surface area contributed by atoms with Gasteiger partial charge in [0.1, 0.15) is 0 Å². The number of ether oxygens (including phenoxy) is 2. The van der Waals surface area contributed by atoms with Crippen LogP contribution < -0.4 is 0 Å². The van der Waals surface area contributed by atoms with Crippen molar-refractivity contribution in [1.82, 2.24) is 0 Å². The highest BCUT2D eigenvalue weighted by Crippen LogP contribution is 2.71. The van der Waals surface area contributed by atoms with Crippen molar-refractivity contribution < 1.29 is 24.8 Å². The largest absolute Gasteiger partial charge is 0.393 e. The maximum atomic E-state index is 11.2. The Kier molecular flexibility index (Phi) is 4.83. The Morgan fingerprint density at radius 3 is 2.38 bits per heavy atom. The standard InChI is InChI=1S/C27H44O5/c1-15-23-21(32-27(15)10-9-24(2,30)14-31-27)13-20-18-6-5-16-11-17(28)12-22(29)26(16,4)19(18)7-8-25(20,23)3/h15-23,28-30H,5-14H2,1-4H3/t15-,16-,17-,18+,19-,20-,21-,22+,23-,24+,25-,26-,27+/m0/s1. The second kappa shape index (κ2) is 6.94. The lowest BCUT2D eigenvalue weighted by Crippen LogP contribution is -2.59. The fraction of sp³-hybridized carbons (Fsp3) is 1.00. The van der Waals surface area contributed by atoms with Gasteiger partial charge in [-0.2, -0.15) is 0 Å². The van der Waals surface area contributed by atoms with E-state index in [1.807, 2.05) is 6.92 Å². The van der Waals surface area contributed by atoms with Crippen molar-refractivity contribution in [3.05, 3.63) is 0 Å². The van der Waals surface area contributed by atoms with E-state index in [2.05, 4.69) is 20.8 Å². The van der Waals surface area contributed by atoms with Gasteiger partial charge in [-0.15, -0.1) is 0 Å². The molecule has 6 rings (SSSR count). The van der Waals surface area contributed by atoms with Crippen LogP contribution in [0.1, 0.15) is 85.5 Å². The highest BCUT2D eigenvalue weighted by atomic mass is 16.7. The average molecular weight is 449 g/mol. The third-order valence-electron chi connectivity index (χ3n) is 12.0. The molecule has 6 aliphatic rings. The number of hydrogen-bond donors (Lipinski definition) is 3. The summed E-state index contributed by atoms with van der Waals surface area (Å²) in [6, 6.07) is 0. The molecule has 5 heteroatoms. The van der Waals surface area contributed by atoms with Gasteiger partial charge >= 0.3 is 0 Å². The number of aliphatic hydroxyl groups excluding tert-OH is 2. The minimum Gasteiger partial charge on any atom is -0.393 e. The van der Waals surface area contributed by atoms with Crippen LogP contribution in [0.3, 0.4) is 0 Å². The SMILES string of the molecule is C[C@H]1[C@H]2[C@H](C[C@H]3[C@@H]4CC[C@H]5C[C@H](O)C[C@@H](O)[C@]5(C)[C@H]4CC[C@]23C)O[C@]12CC[C@@](C)(O)CO2. The van der Waals surface area contributed by atoms with Crippen LogP contribution in [0.4, 0.5) is 0 Å². The Labute approximate surface area is 193 Å². The minimum atomic E-state index is -0.737. The van der Waals surface area contributed by atoms with Gasteiger partial charge in [-0.05, 0) is 98.7 Å². The highest BCUT2D eigenvalue weighted by Gasteiger charge is 2.70. The van der Waals surface area contributed by atoms with Gasteiger partial charge < -0.3 is 24.8 Å². The first kappa shape index (κ1) is 22.3. The molecule has 3 N–H and O–H groups in total. The number of aliphatic hydroxyl groups is 3. The molecule has 0 unspecified atom stereocenters. The van der Waals surface area contributed by atoms with E-state index in [9.17, 15) is 15.3 Å². The molecular weight excluding hydrogens is 404 g/mol. The zero-order chi connectivity index (χ0) is 22.7. The molecule has 1 spiro atoms. The maximum absolute atomic E-state index is 11.2. The molecule has 32 heavy (non-hydrogen) atoms. The summed E-state index contributed by atoms with van der Waals surface area (Å²) in [5.41, 5.74) is -0.521. The Morgan fingerprint density at radius 1 is 0.875 bits per heavy atom. The molecule has 0 aromatic carbocycles. The number of rotatable bonds is 0. The first-order valence-electron chi connectivity index (χ1n) is 13.4. The first-order valence-corrected chi connectivity index (χ1v) is 13.4. The lowest BCUT2D eigenvalue weighted by Gasteiger charge is -2.62. The minimum absolute atomic E-state index is 0.0487. The van der Waals surface area contributed by atoms with E-state index >= 15 is 0 Å². The normalized spacial score (nSPS) is 64.0. The van der Waals surface area contributed by atoms with E-state index in [0.717, 1.165) is 32.1 Å². The Morgan fingerprint density at radius 2 is 1.66 bits per heavy atom. The van der Waals surface area contributed by atoms with Crippen LogP contribution in [0.15, 0.2) is 0 Å². The van der Waals surface area contributed by atoms with Crippen molar-refractivity contribution in [3.8, 4) is 0 Å². The summed E-state index contributed by atoms with van der Waals surface area (Å²) in [5, 5.41) is 31.9. The summed E-state index contributed by atoms with van der Waals surface area (Å²) >= 11 is 0. The zero-order valence-electron chi connectivity index (χ0n) is 20.4. The van der Waals surface area contributed by atoms with Crippen molar-refractivity contribution in [1.29, 1.82) is 0 Å². The molecular formula is C27H44O5. The Hall–Kier alpha value is -0.200. The fourth-order valence-electron chi connectivity index (χ4n) is 10.3. The summed E-state index contributed by atoms with van der Waals surface area (Å²) in [4.78, 5) is 0. The summed E-state index contributed by atoms with van der Waals surface area (Å²) in [7, 11) is 0. The van der Waals surface area contributed by atoms with Crippen molar-refractivity contribution in [2.75, 3.05) is 6.61 Å². The van der Waals surface area contributed by atoms with Crippen molar-refractivity contribution in [2.24, 2.45) is 46.3 Å². The molecule has 0 bridgehead atoms. The van der Waals surface area contributed by atoms with Crippen molar-refractivity contribution in [2.45, 2.75) is 115 Å². The smallest absolute Gasteiger partial charge is 0.171 e. The van der Waals surface area contributed by atoms with Crippen LogP contribution in [0.25, 0.3) is 0 Å².